The molecule has 3 aromatic carbocycles. The number of H-pyrrole nitrogens is 2. The molecular weight excluding hydrogens is 856 g/mol. The van der Waals surface area contributed by atoms with Gasteiger partial charge in [-0.05, 0) is 114 Å². The summed E-state index contributed by atoms with van der Waals surface area (Å²) in [6.45, 7) is 12.5. The Balaban J connectivity index is 0.995. The molecule has 4 aliphatic rings. The van der Waals surface area contributed by atoms with Crippen LogP contribution in [0.2, 0.25) is 0 Å². The largest absolute Gasteiger partial charge is 0.493 e. The molecule has 6 aromatic rings. The van der Waals surface area contributed by atoms with Crippen LogP contribution in [0.3, 0.4) is 0 Å². The lowest BCUT2D eigenvalue weighted by Gasteiger charge is -2.31. The minimum absolute atomic E-state index is 0.00701. The maximum Gasteiger partial charge on any atom is 0.411 e. The fraction of sp³-hybridized carbons (Fsp3) is 0.431. The minimum atomic E-state index is -0.770. The van der Waals surface area contributed by atoms with Crippen molar-refractivity contribution in [2.75, 3.05) is 20.3 Å². The Kier molecular flexibility index (Phi) is 11.2. The third kappa shape index (κ3) is 8.13. The molecule has 0 bridgehead atoms. The van der Waals surface area contributed by atoms with E-state index < -0.39 is 29.8 Å². The van der Waals surface area contributed by atoms with E-state index in [-0.39, 0.29) is 36.0 Å². The van der Waals surface area contributed by atoms with Gasteiger partial charge in [0, 0.05) is 34.7 Å². The zero-order valence-corrected chi connectivity index (χ0v) is 38.9. The van der Waals surface area contributed by atoms with Gasteiger partial charge in [0.1, 0.15) is 40.6 Å². The lowest BCUT2D eigenvalue weighted by molar-refractivity contribution is -0.135. The van der Waals surface area contributed by atoms with E-state index in [1.54, 1.807) is 22.2 Å². The number of aromatic nitrogens is 5. The molecule has 4 aliphatic heterocycles. The molecule has 1 unspecified atom stereocenters. The molecule has 16 heteroatoms. The van der Waals surface area contributed by atoms with E-state index in [2.05, 4.69) is 33.5 Å². The average molecular weight is 913 g/mol. The van der Waals surface area contributed by atoms with Crippen LogP contribution in [0.15, 0.2) is 67.0 Å². The Morgan fingerprint density at radius 2 is 1.66 bits per heavy atom. The molecule has 3 amide bonds. The molecule has 7 heterocycles. The number of amides is 3. The maximum atomic E-state index is 17.0. The van der Waals surface area contributed by atoms with Crippen molar-refractivity contribution in [2.45, 2.75) is 116 Å². The first-order valence-corrected chi connectivity index (χ1v) is 23.3. The van der Waals surface area contributed by atoms with Crippen molar-refractivity contribution in [1.29, 1.82) is 0 Å². The number of imidazole rings is 2. The lowest BCUT2D eigenvalue weighted by Crippen LogP contribution is -2.51. The Morgan fingerprint density at radius 3 is 2.40 bits per heavy atom. The zero-order valence-electron chi connectivity index (χ0n) is 38.9. The molecule has 10 rings (SSSR count). The van der Waals surface area contributed by atoms with Crippen molar-refractivity contribution in [3.63, 3.8) is 0 Å². The highest BCUT2D eigenvalue weighted by molar-refractivity contribution is 5.93. The van der Waals surface area contributed by atoms with Gasteiger partial charge in [-0.2, -0.15) is 0 Å². The number of likely N-dealkylation sites (tertiary alicyclic amines) is 2. The Bertz CT molecular complexity index is 2890. The van der Waals surface area contributed by atoms with Crippen LogP contribution in [0.25, 0.3) is 44.7 Å². The van der Waals surface area contributed by atoms with E-state index in [1.165, 1.54) is 13.2 Å². The standard InChI is InChI=1S/C51H57FN8O7/c1-27(2)44(57-49(62)64-7)47(61)58-18-8-11-38(58)45-53-26-36(56-45)32-21-34(52)43-40-22-33-20-30(35-25-54-46(55-35)39-16-12-28(3)59(39)50(63)67-51(4,5)6)15-17-37(33)60(40)48(66-42(43)24-32)31-14-13-29-10-9-19-65-41(29)23-31/h13-15,17,20-28,38-39,44,48H,8-12,16,18-19H2,1-7H3,(H,53,56)(H,54,55)(H,57,62)/t28-,38+,39+,44+,48?/m1/s1. The summed E-state index contributed by atoms with van der Waals surface area (Å²) in [7, 11) is 1.27. The van der Waals surface area contributed by atoms with Gasteiger partial charge in [0.25, 0.3) is 0 Å². The van der Waals surface area contributed by atoms with Gasteiger partial charge >= 0.3 is 12.2 Å². The molecule has 0 radical (unpaired) electrons. The monoisotopic (exact) mass is 912 g/mol. The Morgan fingerprint density at radius 1 is 0.896 bits per heavy atom. The smallest absolute Gasteiger partial charge is 0.411 e. The van der Waals surface area contributed by atoms with Crippen LogP contribution >= 0.6 is 0 Å². The number of methoxy groups -OCH3 is 1. The predicted octanol–water partition coefficient (Wildman–Crippen LogP) is 10.00. The van der Waals surface area contributed by atoms with Crippen LogP contribution in [0, 0.1) is 11.7 Å². The third-order valence-electron chi connectivity index (χ3n) is 13.5. The maximum absolute atomic E-state index is 17.0. The molecule has 350 valence electrons. The highest BCUT2D eigenvalue weighted by Crippen LogP contribution is 2.48. The van der Waals surface area contributed by atoms with Gasteiger partial charge in [-0.1, -0.05) is 32.0 Å². The van der Waals surface area contributed by atoms with Gasteiger partial charge in [-0.25, -0.2) is 23.9 Å². The molecule has 2 saturated heterocycles. The highest BCUT2D eigenvalue weighted by Gasteiger charge is 2.41. The van der Waals surface area contributed by atoms with E-state index in [4.69, 9.17) is 28.9 Å². The van der Waals surface area contributed by atoms with Crippen molar-refractivity contribution in [3.8, 4) is 45.3 Å². The lowest BCUT2D eigenvalue weighted by atomic mass is 10.0. The molecule has 15 nitrogen and oxygen atoms in total. The van der Waals surface area contributed by atoms with E-state index in [9.17, 15) is 14.4 Å². The normalized spacial score (nSPS) is 20.5. The highest BCUT2D eigenvalue weighted by atomic mass is 19.1. The number of ether oxygens (including phenoxy) is 4. The number of hydrogen-bond donors (Lipinski definition) is 3. The number of aryl methyl sites for hydroxylation is 1. The van der Waals surface area contributed by atoms with Gasteiger partial charge in [0.15, 0.2) is 0 Å². The number of rotatable bonds is 8. The van der Waals surface area contributed by atoms with E-state index in [0.29, 0.717) is 59.5 Å². The van der Waals surface area contributed by atoms with Crippen LogP contribution in [-0.2, 0) is 20.7 Å². The number of nitrogens with one attached hydrogen (secondary N) is 3. The van der Waals surface area contributed by atoms with Crippen molar-refractivity contribution in [1.82, 2.24) is 39.6 Å². The number of aromatic amines is 2. The minimum Gasteiger partial charge on any atom is -0.493 e. The van der Waals surface area contributed by atoms with Gasteiger partial charge in [-0.15, -0.1) is 0 Å². The average Bonchev–Trinajstić information content (AvgIpc) is 4.16. The Labute approximate surface area is 388 Å². The molecule has 5 atom stereocenters. The number of nitrogens with zero attached hydrogens (tertiary/aromatic N) is 5. The number of carbonyl (C=O) groups is 3. The molecule has 0 spiro atoms. The van der Waals surface area contributed by atoms with Crippen molar-refractivity contribution < 1.29 is 37.7 Å². The second kappa shape index (κ2) is 17.1. The molecule has 3 aromatic heterocycles. The number of benzene rings is 3. The first kappa shape index (κ1) is 44.0. The molecular formula is C51H57FN8O7. The summed E-state index contributed by atoms with van der Waals surface area (Å²) < 4.78 is 42.6. The van der Waals surface area contributed by atoms with Crippen molar-refractivity contribution >= 4 is 29.0 Å². The summed E-state index contributed by atoms with van der Waals surface area (Å²) in [6.07, 6.45) is 6.69. The Hall–Kier alpha value is -6.84. The summed E-state index contributed by atoms with van der Waals surface area (Å²) in [4.78, 5) is 59.2. The number of alkyl carbamates (subject to hydrolysis) is 1. The summed E-state index contributed by atoms with van der Waals surface area (Å²) in [5, 5.41) is 3.57. The first-order valence-electron chi connectivity index (χ1n) is 23.3. The topological polar surface area (TPSA) is 169 Å². The van der Waals surface area contributed by atoms with Gasteiger partial charge in [-0.3, -0.25) is 9.69 Å². The van der Waals surface area contributed by atoms with Crippen LogP contribution in [0.5, 0.6) is 11.5 Å². The van der Waals surface area contributed by atoms with Crippen LogP contribution in [-0.4, -0.2) is 90.3 Å². The SMILES string of the molecule is COC(=O)N[C@H](C(=O)N1CCC[C@H]1c1ncc(-c2cc(F)c3c(c2)OC(c2ccc4c(c2)OCCC4)n2c-3cc3cc(-c4cnc([C@@H]5CC[C@@H](C)N5C(=O)OC(C)(C)C)[nH]4)ccc32)[nH]1)C(C)C. The van der Waals surface area contributed by atoms with Crippen LogP contribution in [0.4, 0.5) is 14.0 Å². The fourth-order valence-corrected chi connectivity index (χ4v) is 10.2. The van der Waals surface area contributed by atoms with Crippen molar-refractivity contribution in [2.24, 2.45) is 5.92 Å². The fourth-order valence-electron chi connectivity index (χ4n) is 10.2. The first-order chi connectivity index (χ1) is 32.1. The van der Waals surface area contributed by atoms with Crippen LogP contribution < -0.4 is 14.8 Å². The summed E-state index contributed by atoms with van der Waals surface area (Å²) in [5.74, 6) is 1.61. The van der Waals surface area contributed by atoms with Gasteiger partial charge < -0.3 is 43.7 Å². The quantitative estimate of drug-likeness (QED) is 0.135. The van der Waals surface area contributed by atoms with Crippen LogP contribution in [0.1, 0.15) is 115 Å². The number of halogens is 1. The number of fused-ring (bicyclic) bond motifs is 6. The number of hydrogen-bond acceptors (Lipinski definition) is 9. The second-order valence-corrected chi connectivity index (χ2v) is 19.5. The van der Waals surface area contributed by atoms with E-state index in [0.717, 1.165) is 71.1 Å². The number of carbonyl (C=O) groups excluding carboxylic acids is 3. The molecule has 67 heavy (non-hydrogen) atoms. The molecule has 0 aliphatic carbocycles. The third-order valence-corrected chi connectivity index (χ3v) is 13.5. The van der Waals surface area contributed by atoms with E-state index >= 15 is 4.39 Å². The second-order valence-electron chi connectivity index (χ2n) is 19.5. The summed E-state index contributed by atoms with van der Waals surface area (Å²) in [5.41, 5.74) is 6.01. The predicted molar refractivity (Wildman–Crippen MR) is 249 cm³/mol. The summed E-state index contributed by atoms with van der Waals surface area (Å²) >= 11 is 0. The van der Waals surface area contributed by atoms with Gasteiger partial charge in [0.2, 0.25) is 12.1 Å². The molecule has 0 saturated carbocycles. The molecule has 2 fully saturated rings. The zero-order chi connectivity index (χ0) is 46.9. The van der Waals surface area contributed by atoms with Gasteiger partial charge in [0.05, 0.1) is 66.4 Å². The van der Waals surface area contributed by atoms with Crippen molar-refractivity contribution in [3.05, 3.63) is 95.6 Å². The summed E-state index contributed by atoms with van der Waals surface area (Å²) in [6, 6.07) is 16.3. The van der Waals surface area contributed by atoms with E-state index in [1.807, 2.05) is 76.4 Å². The molecule has 3 N–H and O–H groups in total.